The molecule has 2 heteroatoms. The Bertz CT molecular complexity index is 269. The maximum atomic E-state index is 9.08. The summed E-state index contributed by atoms with van der Waals surface area (Å²) >= 11 is 0. The second-order valence-corrected chi connectivity index (χ2v) is 3.45. The molecule has 0 bridgehead atoms. The number of ether oxygens (including phenoxy) is 1. The number of hydrogen-bond acceptors (Lipinski definition) is 2. The Morgan fingerprint density at radius 1 is 1.36 bits per heavy atom. The maximum absolute atomic E-state index is 9.08. The zero-order valence-corrected chi connectivity index (χ0v) is 8.86. The second kappa shape index (κ2) is 5.66. The number of hydrogen-bond donors (Lipinski definition) is 1. The predicted molar refractivity (Wildman–Crippen MR) is 57.6 cm³/mol. The van der Waals surface area contributed by atoms with Gasteiger partial charge in [-0.2, -0.15) is 0 Å². The molecule has 0 heterocycles. The molecule has 0 aromatic heterocycles. The molecule has 1 aromatic rings. The zero-order valence-electron chi connectivity index (χ0n) is 8.86. The monoisotopic (exact) mass is 194 g/mol. The van der Waals surface area contributed by atoms with Gasteiger partial charge < -0.3 is 9.84 Å². The van der Waals surface area contributed by atoms with Gasteiger partial charge in [0, 0.05) is 6.42 Å². The minimum absolute atomic E-state index is 0.288. The van der Waals surface area contributed by atoms with E-state index in [-0.39, 0.29) is 6.10 Å². The average Bonchev–Trinajstić information content (AvgIpc) is 2.18. The lowest BCUT2D eigenvalue weighted by atomic mass is 10.1. The van der Waals surface area contributed by atoms with E-state index < -0.39 is 0 Å². The summed E-state index contributed by atoms with van der Waals surface area (Å²) in [5.41, 5.74) is 1.22. The Balaban J connectivity index is 2.49. The van der Waals surface area contributed by atoms with E-state index >= 15 is 0 Å². The van der Waals surface area contributed by atoms with Crippen LogP contribution >= 0.6 is 0 Å². The van der Waals surface area contributed by atoms with Gasteiger partial charge in [0.05, 0.1) is 12.7 Å². The molecule has 14 heavy (non-hydrogen) atoms. The van der Waals surface area contributed by atoms with Crippen LogP contribution in [-0.2, 0) is 6.42 Å². The van der Waals surface area contributed by atoms with Crippen LogP contribution in [0.15, 0.2) is 24.3 Å². The molecule has 0 aliphatic heterocycles. The molecule has 0 saturated heterocycles. The second-order valence-electron chi connectivity index (χ2n) is 3.45. The fourth-order valence-electron chi connectivity index (χ4n) is 1.28. The topological polar surface area (TPSA) is 29.5 Å². The van der Waals surface area contributed by atoms with Crippen molar-refractivity contribution in [2.24, 2.45) is 0 Å². The fraction of sp³-hybridized carbons (Fsp3) is 0.500. The molecular formula is C12H18O2. The van der Waals surface area contributed by atoms with Crippen molar-refractivity contribution in [3.05, 3.63) is 29.8 Å². The van der Waals surface area contributed by atoms with Crippen molar-refractivity contribution < 1.29 is 9.84 Å². The predicted octanol–water partition coefficient (Wildman–Crippen LogP) is 2.40. The van der Waals surface area contributed by atoms with E-state index in [1.807, 2.05) is 18.2 Å². The van der Waals surface area contributed by atoms with Crippen LogP contribution in [0.4, 0.5) is 0 Å². The lowest BCUT2D eigenvalue weighted by Crippen LogP contribution is -2.08. The number of aryl methyl sites for hydroxylation is 1. The summed E-state index contributed by atoms with van der Waals surface area (Å²) in [5, 5.41) is 9.08. The third-order valence-corrected chi connectivity index (χ3v) is 2.15. The van der Waals surface area contributed by atoms with Crippen LogP contribution in [0.3, 0.4) is 0 Å². The molecule has 1 unspecified atom stereocenters. The molecular weight excluding hydrogens is 176 g/mol. The van der Waals surface area contributed by atoms with E-state index in [9.17, 15) is 0 Å². The van der Waals surface area contributed by atoms with Crippen LogP contribution in [0.1, 0.15) is 25.8 Å². The lowest BCUT2D eigenvalue weighted by molar-refractivity contribution is 0.155. The van der Waals surface area contributed by atoms with E-state index in [1.54, 1.807) is 6.92 Å². The molecule has 78 valence electrons. The summed E-state index contributed by atoms with van der Waals surface area (Å²) < 4.78 is 5.58. The molecule has 0 saturated carbocycles. The lowest BCUT2D eigenvalue weighted by Gasteiger charge is -2.10. The summed E-state index contributed by atoms with van der Waals surface area (Å²) in [5.74, 6) is 0.940. The Kier molecular flexibility index (Phi) is 4.47. The van der Waals surface area contributed by atoms with Crippen molar-refractivity contribution in [1.82, 2.24) is 0 Å². The Morgan fingerprint density at radius 2 is 2.07 bits per heavy atom. The van der Waals surface area contributed by atoms with E-state index in [0.29, 0.717) is 13.0 Å². The van der Waals surface area contributed by atoms with Gasteiger partial charge in [0.15, 0.2) is 0 Å². The van der Waals surface area contributed by atoms with E-state index in [4.69, 9.17) is 9.84 Å². The van der Waals surface area contributed by atoms with Crippen molar-refractivity contribution in [2.75, 3.05) is 6.61 Å². The third-order valence-electron chi connectivity index (χ3n) is 2.15. The van der Waals surface area contributed by atoms with Crippen molar-refractivity contribution in [3.63, 3.8) is 0 Å². The molecule has 0 spiro atoms. The first-order valence-corrected chi connectivity index (χ1v) is 5.12. The quantitative estimate of drug-likeness (QED) is 0.780. The maximum Gasteiger partial charge on any atom is 0.122 e. The molecule has 1 atom stereocenters. The van der Waals surface area contributed by atoms with Crippen molar-refractivity contribution >= 4 is 0 Å². The highest BCUT2D eigenvalue weighted by Crippen LogP contribution is 2.18. The molecule has 1 aromatic carbocycles. The standard InChI is InChI=1S/C12H18O2/c1-3-11-6-4-5-7-12(11)14-9-8-10(2)13/h4-7,10,13H,3,8-9H2,1-2H3. The van der Waals surface area contributed by atoms with Gasteiger partial charge in [0.1, 0.15) is 5.75 Å². The highest BCUT2D eigenvalue weighted by Gasteiger charge is 2.01. The highest BCUT2D eigenvalue weighted by atomic mass is 16.5. The largest absolute Gasteiger partial charge is 0.493 e. The van der Waals surface area contributed by atoms with E-state index in [1.165, 1.54) is 5.56 Å². The Hall–Kier alpha value is -1.02. The van der Waals surface area contributed by atoms with E-state index in [0.717, 1.165) is 12.2 Å². The number of aliphatic hydroxyl groups is 1. The first kappa shape index (κ1) is 11.1. The van der Waals surface area contributed by atoms with Gasteiger partial charge in [-0.3, -0.25) is 0 Å². The van der Waals surface area contributed by atoms with Crippen LogP contribution in [0.2, 0.25) is 0 Å². The third kappa shape index (κ3) is 3.38. The summed E-state index contributed by atoms with van der Waals surface area (Å²) in [7, 11) is 0. The van der Waals surface area contributed by atoms with Crippen LogP contribution in [0.25, 0.3) is 0 Å². The van der Waals surface area contributed by atoms with Crippen LogP contribution in [-0.4, -0.2) is 17.8 Å². The first-order chi connectivity index (χ1) is 6.74. The van der Waals surface area contributed by atoms with Crippen LogP contribution in [0, 0.1) is 0 Å². The SMILES string of the molecule is CCc1ccccc1OCCC(C)O. The van der Waals surface area contributed by atoms with Gasteiger partial charge in [-0.1, -0.05) is 25.1 Å². The highest BCUT2D eigenvalue weighted by molar-refractivity contribution is 5.33. The Labute approximate surface area is 85.5 Å². The minimum atomic E-state index is -0.288. The summed E-state index contributed by atoms with van der Waals surface area (Å²) in [6, 6.07) is 8.02. The number of aliphatic hydroxyl groups excluding tert-OH is 1. The molecule has 0 amide bonds. The van der Waals surface area contributed by atoms with Crippen molar-refractivity contribution in [1.29, 1.82) is 0 Å². The number of benzene rings is 1. The molecule has 0 fully saturated rings. The van der Waals surface area contributed by atoms with Gasteiger partial charge >= 0.3 is 0 Å². The fourth-order valence-corrected chi connectivity index (χ4v) is 1.28. The van der Waals surface area contributed by atoms with Gasteiger partial charge in [0.2, 0.25) is 0 Å². The minimum Gasteiger partial charge on any atom is -0.493 e. The molecule has 0 aliphatic rings. The molecule has 0 radical (unpaired) electrons. The number of rotatable bonds is 5. The normalized spacial score (nSPS) is 12.5. The van der Waals surface area contributed by atoms with Gasteiger partial charge in [-0.15, -0.1) is 0 Å². The molecule has 2 nitrogen and oxygen atoms in total. The van der Waals surface area contributed by atoms with E-state index in [2.05, 4.69) is 13.0 Å². The first-order valence-electron chi connectivity index (χ1n) is 5.12. The smallest absolute Gasteiger partial charge is 0.122 e. The molecule has 1 rings (SSSR count). The Morgan fingerprint density at radius 3 is 2.71 bits per heavy atom. The summed E-state index contributed by atoms with van der Waals surface area (Å²) in [6.45, 7) is 4.46. The van der Waals surface area contributed by atoms with Crippen molar-refractivity contribution in [3.8, 4) is 5.75 Å². The van der Waals surface area contributed by atoms with Gasteiger partial charge in [-0.25, -0.2) is 0 Å². The summed E-state index contributed by atoms with van der Waals surface area (Å²) in [4.78, 5) is 0. The van der Waals surface area contributed by atoms with Crippen LogP contribution in [0.5, 0.6) is 5.75 Å². The molecule has 1 N–H and O–H groups in total. The number of para-hydroxylation sites is 1. The van der Waals surface area contributed by atoms with Gasteiger partial charge in [0.25, 0.3) is 0 Å². The van der Waals surface area contributed by atoms with Crippen molar-refractivity contribution in [2.45, 2.75) is 32.8 Å². The summed E-state index contributed by atoms with van der Waals surface area (Å²) in [6.07, 6.45) is 1.37. The van der Waals surface area contributed by atoms with Gasteiger partial charge in [-0.05, 0) is 25.0 Å². The van der Waals surface area contributed by atoms with Crippen LogP contribution < -0.4 is 4.74 Å². The molecule has 0 aliphatic carbocycles. The zero-order chi connectivity index (χ0) is 10.4. The average molecular weight is 194 g/mol.